The van der Waals surface area contributed by atoms with Crippen LogP contribution in [-0.2, 0) is 21.2 Å². The van der Waals surface area contributed by atoms with Crippen LogP contribution in [0.3, 0.4) is 0 Å². The van der Waals surface area contributed by atoms with E-state index in [1.807, 2.05) is 30.3 Å². The summed E-state index contributed by atoms with van der Waals surface area (Å²) in [5.41, 5.74) is 0.922. The Hall–Kier alpha value is -2.58. The Balaban J connectivity index is 1.84. The molecule has 1 atom stereocenters. The minimum Gasteiger partial charge on any atom is -0.486 e. The Bertz CT molecular complexity index is 898. The minimum absolute atomic E-state index is 0.00640. The highest BCUT2D eigenvalue weighted by atomic mass is 32.2. The van der Waals surface area contributed by atoms with Gasteiger partial charge in [0, 0.05) is 12.5 Å². The molecule has 8 heteroatoms. The number of hydrogen-bond donors (Lipinski definition) is 2. The van der Waals surface area contributed by atoms with Gasteiger partial charge in [0.05, 0.1) is 0 Å². The maximum atomic E-state index is 13.0. The molecule has 0 radical (unpaired) electrons. The fraction of sp³-hybridized carbons (Fsp3) is 0.316. The predicted molar refractivity (Wildman–Crippen MR) is 98.6 cm³/mol. The van der Waals surface area contributed by atoms with Gasteiger partial charge in [-0.3, -0.25) is 4.79 Å². The number of nitrogens with one attached hydrogen (secondary N) is 1. The summed E-state index contributed by atoms with van der Waals surface area (Å²) in [5.74, 6) is -0.400. The first-order valence-electron chi connectivity index (χ1n) is 8.62. The first kappa shape index (κ1) is 19.2. The number of benzene rings is 2. The molecule has 7 nitrogen and oxygen atoms in total. The fourth-order valence-corrected chi connectivity index (χ4v) is 4.37. The molecule has 0 amide bonds. The average Bonchev–Trinajstić information content (AvgIpc) is 2.66. The van der Waals surface area contributed by atoms with Gasteiger partial charge < -0.3 is 14.6 Å². The molecule has 27 heavy (non-hydrogen) atoms. The normalized spacial score (nSPS) is 14.5. The van der Waals surface area contributed by atoms with Crippen LogP contribution in [0, 0.1) is 0 Å². The van der Waals surface area contributed by atoms with Crippen molar-refractivity contribution in [2.75, 3.05) is 13.2 Å². The third kappa shape index (κ3) is 4.99. The second-order valence-corrected chi connectivity index (χ2v) is 7.90. The van der Waals surface area contributed by atoms with Crippen LogP contribution < -0.4 is 14.2 Å². The Morgan fingerprint density at radius 2 is 1.81 bits per heavy atom. The molecule has 0 spiro atoms. The van der Waals surface area contributed by atoms with Crippen molar-refractivity contribution >= 4 is 16.0 Å². The Labute approximate surface area is 158 Å². The maximum absolute atomic E-state index is 13.0. The van der Waals surface area contributed by atoms with Crippen LogP contribution >= 0.6 is 0 Å². The van der Waals surface area contributed by atoms with Crippen LogP contribution in [0.25, 0.3) is 0 Å². The number of hydrogen-bond acceptors (Lipinski definition) is 5. The molecule has 1 unspecified atom stereocenters. The van der Waals surface area contributed by atoms with Crippen molar-refractivity contribution in [3.8, 4) is 11.5 Å². The highest BCUT2D eigenvalue weighted by Crippen LogP contribution is 2.36. The van der Waals surface area contributed by atoms with E-state index in [1.54, 1.807) is 12.1 Å². The number of carboxylic acid groups (broad SMARTS) is 1. The van der Waals surface area contributed by atoms with E-state index >= 15 is 0 Å². The van der Waals surface area contributed by atoms with Gasteiger partial charge in [-0.2, -0.15) is 0 Å². The van der Waals surface area contributed by atoms with Crippen molar-refractivity contribution < 1.29 is 27.8 Å². The lowest BCUT2D eigenvalue weighted by atomic mass is 10.0. The molecule has 3 rings (SSSR count). The van der Waals surface area contributed by atoms with Crippen molar-refractivity contribution in [1.29, 1.82) is 0 Å². The number of carbonyl (C=O) groups is 1. The lowest BCUT2D eigenvalue weighted by Gasteiger charge is -2.23. The van der Waals surface area contributed by atoms with E-state index in [0.717, 1.165) is 5.56 Å². The van der Waals surface area contributed by atoms with Crippen molar-refractivity contribution in [3.63, 3.8) is 0 Å². The Kier molecular flexibility index (Phi) is 5.98. The molecule has 144 valence electrons. The second kappa shape index (κ2) is 8.41. The monoisotopic (exact) mass is 391 g/mol. The van der Waals surface area contributed by atoms with Gasteiger partial charge in [-0.25, -0.2) is 13.1 Å². The van der Waals surface area contributed by atoms with Gasteiger partial charge in [0.25, 0.3) is 0 Å². The standard InChI is InChI=1S/C19H21NO6S/c21-18(22)10-9-15(13-14-5-2-1-3-6-14)20-27(23,24)17-8-4-7-16-19(17)26-12-11-25-16/h1-8,15,20H,9-13H2,(H,21,22). The fourth-order valence-electron chi connectivity index (χ4n) is 2.94. The molecule has 0 saturated carbocycles. The minimum atomic E-state index is -3.92. The van der Waals surface area contributed by atoms with E-state index in [-0.39, 0.29) is 30.1 Å². The summed E-state index contributed by atoms with van der Waals surface area (Å²) in [6.07, 6.45) is 0.433. The summed E-state index contributed by atoms with van der Waals surface area (Å²) in [6.45, 7) is 0.630. The number of ether oxygens (including phenoxy) is 2. The van der Waals surface area contributed by atoms with Gasteiger partial charge in [0.1, 0.15) is 18.1 Å². The van der Waals surface area contributed by atoms with Crippen LogP contribution in [0.5, 0.6) is 11.5 Å². The first-order valence-corrected chi connectivity index (χ1v) is 10.1. The van der Waals surface area contributed by atoms with E-state index in [0.29, 0.717) is 18.8 Å². The number of rotatable bonds is 8. The summed E-state index contributed by atoms with van der Waals surface area (Å²) in [7, 11) is -3.92. The number of fused-ring (bicyclic) bond motifs is 1. The topological polar surface area (TPSA) is 102 Å². The zero-order valence-electron chi connectivity index (χ0n) is 14.6. The van der Waals surface area contributed by atoms with Crippen molar-refractivity contribution in [2.45, 2.75) is 30.2 Å². The first-order chi connectivity index (χ1) is 13.0. The van der Waals surface area contributed by atoms with E-state index in [4.69, 9.17) is 14.6 Å². The zero-order valence-corrected chi connectivity index (χ0v) is 15.4. The van der Waals surface area contributed by atoms with Crippen molar-refractivity contribution in [1.82, 2.24) is 4.72 Å². The van der Waals surface area contributed by atoms with Crippen LogP contribution in [0.4, 0.5) is 0 Å². The third-order valence-corrected chi connectivity index (χ3v) is 5.72. The summed E-state index contributed by atoms with van der Waals surface area (Å²) in [5, 5.41) is 8.99. The van der Waals surface area contributed by atoms with Gasteiger partial charge >= 0.3 is 5.97 Å². The largest absolute Gasteiger partial charge is 0.486 e. The molecule has 2 aromatic rings. The third-order valence-electron chi connectivity index (χ3n) is 4.17. The lowest BCUT2D eigenvalue weighted by molar-refractivity contribution is -0.137. The highest BCUT2D eigenvalue weighted by molar-refractivity contribution is 7.89. The molecule has 2 aromatic carbocycles. The molecule has 1 heterocycles. The second-order valence-electron chi connectivity index (χ2n) is 6.22. The molecule has 0 aromatic heterocycles. The molecule has 1 aliphatic heterocycles. The van der Waals surface area contributed by atoms with Gasteiger partial charge in [-0.05, 0) is 30.5 Å². The summed E-state index contributed by atoms with van der Waals surface area (Å²) in [6, 6.07) is 13.5. The van der Waals surface area contributed by atoms with Crippen LogP contribution in [0.15, 0.2) is 53.4 Å². The van der Waals surface area contributed by atoms with Crippen LogP contribution in [0.1, 0.15) is 18.4 Å². The van der Waals surface area contributed by atoms with Crippen LogP contribution in [0.2, 0.25) is 0 Å². The molecular formula is C19H21NO6S. The molecule has 0 aliphatic carbocycles. The average molecular weight is 391 g/mol. The van der Waals surface area contributed by atoms with Crippen LogP contribution in [-0.4, -0.2) is 38.7 Å². The molecule has 0 bridgehead atoms. The molecule has 0 saturated heterocycles. The van der Waals surface area contributed by atoms with Gasteiger partial charge in [-0.15, -0.1) is 0 Å². The Morgan fingerprint density at radius 1 is 1.07 bits per heavy atom. The summed E-state index contributed by atoms with van der Waals surface area (Å²) >= 11 is 0. The smallest absolute Gasteiger partial charge is 0.303 e. The molecular weight excluding hydrogens is 370 g/mol. The predicted octanol–water partition coefficient (Wildman–Crippen LogP) is 2.21. The van der Waals surface area contributed by atoms with Gasteiger partial charge in [-0.1, -0.05) is 36.4 Å². The van der Waals surface area contributed by atoms with Gasteiger partial charge in [0.15, 0.2) is 11.5 Å². The summed E-state index contributed by atoms with van der Waals surface area (Å²) in [4.78, 5) is 11.0. The van der Waals surface area contributed by atoms with Crippen molar-refractivity contribution in [2.24, 2.45) is 0 Å². The quantitative estimate of drug-likeness (QED) is 0.715. The maximum Gasteiger partial charge on any atom is 0.303 e. The molecule has 2 N–H and O–H groups in total. The SMILES string of the molecule is O=C(O)CCC(Cc1ccccc1)NS(=O)(=O)c1cccc2c1OCCO2. The van der Waals surface area contributed by atoms with Crippen molar-refractivity contribution in [3.05, 3.63) is 54.1 Å². The van der Waals surface area contributed by atoms with E-state index in [1.165, 1.54) is 6.07 Å². The molecule has 0 fully saturated rings. The number of carboxylic acids is 1. The highest BCUT2D eigenvalue weighted by Gasteiger charge is 2.27. The molecule has 1 aliphatic rings. The zero-order chi connectivity index (χ0) is 19.3. The van der Waals surface area contributed by atoms with Gasteiger partial charge in [0.2, 0.25) is 10.0 Å². The van der Waals surface area contributed by atoms with E-state index in [2.05, 4.69) is 4.72 Å². The number of aliphatic carboxylic acids is 1. The van der Waals surface area contributed by atoms with E-state index < -0.39 is 22.0 Å². The number of sulfonamides is 1. The lowest BCUT2D eigenvalue weighted by Crippen LogP contribution is -2.37. The Morgan fingerprint density at radius 3 is 2.56 bits per heavy atom. The summed E-state index contributed by atoms with van der Waals surface area (Å²) < 4.78 is 39.5. The number of para-hydroxylation sites is 1. The van der Waals surface area contributed by atoms with E-state index in [9.17, 15) is 13.2 Å².